The second-order valence-electron chi connectivity index (χ2n) is 6.80. The minimum atomic E-state index is -4.49. The molecule has 0 bridgehead atoms. The lowest BCUT2D eigenvalue weighted by atomic mass is 10.1. The number of amides is 1. The zero-order valence-electron chi connectivity index (χ0n) is 16.7. The van der Waals surface area contributed by atoms with Crippen molar-refractivity contribution in [1.82, 2.24) is 19.7 Å². The molecule has 0 radical (unpaired) electrons. The third-order valence-electron chi connectivity index (χ3n) is 4.65. The summed E-state index contributed by atoms with van der Waals surface area (Å²) in [5, 5.41) is 4.03. The lowest BCUT2D eigenvalue weighted by molar-refractivity contribution is -0.137. The van der Waals surface area contributed by atoms with Gasteiger partial charge in [0, 0.05) is 30.6 Å². The molecule has 2 heterocycles. The third kappa shape index (κ3) is 4.29. The van der Waals surface area contributed by atoms with Gasteiger partial charge in [-0.1, -0.05) is 0 Å². The predicted molar refractivity (Wildman–Crippen MR) is 110 cm³/mol. The molecule has 0 aliphatic heterocycles. The number of ether oxygens (including phenoxy) is 1. The Bertz CT molecular complexity index is 1280. The van der Waals surface area contributed by atoms with Crippen molar-refractivity contribution >= 4 is 5.91 Å². The first-order valence-corrected chi connectivity index (χ1v) is 9.33. The molecule has 0 aliphatic rings. The largest absolute Gasteiger partial charge is 0.457 e. The van der Waals surface area contributed by atoms with Crippen LogP contribution in [0, 0.1) is 0 Å². The molecule has 0 atom stereocenters. The van der Waals surface area contributed by atoms with E-state index in [0.29, 0.717) is 22.8 Å². The molecule has 4 rings (SSSR count). The summed E-state index contributed by atoms with van der Waals surface area (Å²) in [6, 6.07) is 12.9. The first-order chi connectivity index (χ1) is 15.2. The molecule has 2 aromatic carbocycles. The minimum absolute atomic E-state index is 0.0842. The Kier molecular flexibility index (Phi) is 5.35. The Balaban J connectivity index is 1.66. The number of alkyl halides is 3. The van der Waals surface area contributed by atoms with E-state index in [9.17, 15) is 18.0 Å². The number of rotatable bonds is 5. The van der Waals surface area contributed by atoms with Crippen LogP contribution < -0.4 is 10.5 Å². The summed E-state index contributed by atoms with van der Waals surface area (Å²) in [6.45, 7) is 0. The van der Waals surface area contributed by atoms with E-state index in [2.05, 4.69) is 15.1 Å². The van der Waals surface area contributed by atoms with Crippen molar-refractivity contribution in [3.8, 4) is 34.1 Å². The highest BCUT2D eigenvalue weighted by Gasteiger charge is 2.31. The van der Waals surface area contributed by atoms with E-state index in [1.165, 1.54) is 29.2 Å². The summed E-state index contributed by atoms with van der Waals surface area (Å²) in [6.07, 6.45) is -1.57. The zero-order valence-corrected chi connectivity index (χ0v) is 16.7. The zero-order chi connectivity index (χ0) is 22.9. The Morgan fingerprint density at radius 1 is 1.03 bits per heavy atom. The van der Waals surface area contributed by atoms with E-state index in [1.807, 2.05) is 0 Å². The number of nitrogens with two attached hydrogens (primary N) is 1. The van der Waals surface area contributed by atoms with Crippen molar-refractivity contribution in [2.75, 3.05) is 0 Å². The van der Waals surface area contributed by atoms with Crippen molar-refractivity contribution in [1.29, 1.82) is 0 Å². The van der Waals surface area contributed by atoms with E-state index in [0.717, 1.165) is 12.1 Å². The van der Waals surface area contributed by atoms with Gasteiger partial charge in [0.15, 0.2) is 5.82 Å². The average Bonchev–Trinajstić information content (AvgIpc) is 3.19. The van der Waals surface area contributed by atoms with Gasteiger partial charge < -0.3 is 10.5 Å². The molecular formula is C22H16F3N5O2. The Morgan fingerprint density at radius 2 is 1.78 bits per heavy atom. The molecule has 10 heteroatoms. The molecule has 2 aromatic heterocycles. The topological polar surface area (TPSA) is 95.9 Å². The maximum atomic E-state index is 13.2. The number of carbonyl (C=O) groups excluding carboxylic acids is 1. The number of aromatic nitrogens is 4. The number of halogens is 3. The van der Waals surface area contributed by atoms with Gasteiger partial charge in [-0.25, -0.2) is 9.97 Å². The number of aryl methyl sites for hydroxylation is 1. The fourth-order valence-corrected chi connectivity index (χ4v) is 3.07. The van der Waals surface area contributed by atoms with Crippen LogP contribution in [0.3, 0.4) is 0 Å². The van der Waals surface area contributed by atoms with Crippen molar-refractivity contribution < 1.29 is 22.7 Å². The highest BCUT2D eigenvalue weighted by atomic mass is 19.4. The Labute approximate surface area is 180 Å². The van der Waals surface area contributed by atoms with Crippen LogP contribution in [0.25, 0.3) is 22.6 Å². The van der Waals surface area contributed by atoms with Gasteiger partial charge in [0.1, 0.15) is 17.2 Å². The van der Waals surface area contributed by atoms with Gasteiger partial charge in [-0.05, 0) is 54.6 Å². The molecule has 32 heavy (non-hydrogen) atoms. The predicted octanol–water partition coefficient (Wildman–Crippen LogP) is 4.45. The number of carbonyl (C=O) groups is 1. The quantitative estimate of drug-likeness (QED) is 0.496. The molecule has 1 amide bonds. The smallest absolute Gasteiger partial charge is 0.416 e. The van der Waals surface area contributed by atoms with Gasteiger partial charge >= 0.3 is 6.18 Å². The standard InChI is InChI=1S/C22H16F3N5O2/c1-30-18(9-11-28-30)16-12-14(22(23,24)25)4-7-19(16)32-15-5-2-13(3-6-15)21-27-10-8-17(29-21)20(26)31/h2-12H,1H3,(H2,26,31). The number of hydrogen-bond donors (Lipinski definition) is 1. The fraction of sp³-hybridized carbons (Fsp3) is 0.0909. The molecule has 0 aliphatic carbocycles. The van der Waals surface area contributed by atoms with Gasteiger partial charge in [0.05, 0.1) is 11.3 Å². The maximum Gasteiger partial charge on any atom is 0.416 e. The Hall–Kier alpha value is -4.21. The lowest BCUT2D eigenvalue weighted by Crippen LogP contribution is -2.13. The summed E-state index contributed by atoms with van der Waals surface area (Å²) < 4.78 is 47.1. The SMILES string of the molecule is Cn1nccc1-c1cc(C(F)(F)F)ccc1Oc1ccc(-c2nccc(C(N)=O)n2)cc1. The first-order valence-electron chi connectivity index (χ1n) is 9.33. The summed E-state index contributed by atoms with van der Waals surface area (Å²) in [5.74, 6) is 0.265. The van der Waals surface area contributed by atoms with Crippen LogP contribution in [0.5, 0.6) is 11.5 Å². The van der Waals surface area contributed by atoms with E-state index in [-0.39, 0.29) is 17.0 Å². The fourth-order valence-electron chi connectivity index (χ4n) is 3.07. The van der Waals surface area contributed by atoms with Crippen LogP contribution in [0.1, 0.15) is 16.1 Å². The van der Waals surface area contributed by atoms with Crippen LogP contribution in [-0.2, 0) is 13.2 Å². The summed E-state index contributed by atoms with van der Waals surface area (Å²) in [5.41, 5.74) is 5.88. The number of nitrogens with zero attached hydrogens (tertiary/aromatic N) is 4. The monoisotopic (exact) mass is 439 g/mol. The van der Waals surface area contributed by atoms with E-state index in [1.54, 1.807) is 37.4 Å². The van der Waals surface area contributed by atoms with E-state index >= 15 is 0 Å². The van der Waals surface area contributed by atoms with Gasteiger partial charge in [0.25, 0.3) is 5.91 Å². The first kappa shape index (κ1) is 21.0. The molecule has 162 valence electrons. The minimum Gasteiger partial charge on any atom is -0.457 e. The number of primary amides is 1. The van der Waals surface area contributed by atoms with E-state index < -0.39 is 17.6 Å². The van der Waals surface area contributed by atoms with Crippen LogP contribution >= 0.6 is 0 Å². The van der Waals surface area contributed by atoms with Crippen LogP contribution in [0.2, 0.25) is 0 Å². The molecule has 0 spiro atoms. The van der Waals surface area contributed by atoms with E-state index in [4.69, 9.17) is 10.5 Å². The normalized spacial score (nSPS) is 11.4. The molecule has 0 saturated heterocycles. The number of hydrogen-bond acceptors (Lipinski definition) is 5. The Morgan fingerprint density at radius 3 is 2.41 bits per heavy atom. The van der Waals surface area contributed by atoms with Crippen molar-refractivity contribution in [2.24, 2.45) is 12.8 Å². The molecule has 4 aromatic rings. The molecule has 0 saturated carbocycles. The van der Waals surface area contributed by atoms with Crippen LogP contribution in [-0.4, -0.2) is 25.7 Å². The van der Waals surface area contributed by atoms with Crippen molar-refractivity contribution in [3.63, 3.8) is 0 Å². The number of benzene rings is 2. The highest BCUT2D eigenvalue weighted by Crippen LogP contribution is 2.39. The van der Waals surface area contributed by atoms with Gasteiger partial charge in [-0.3, -0.25) is 9.48 Å². The van der Waals surface area contributed by atoms with Gasteiger partial charge in [0.2, 0.25) is 0 Å². The lowest BCUT2D eigenvalue weighted by Gasteiger charge is -2.15. The van der Waals surface area contributed by atoms with Crippen molar-refractivity contribution in [2.45, 2.75) is 6.18 Å². The van der Waals surface area contributed by atoms with Crippen molar-refractivity contribution in [3.05, 3.63) is 78.2 Å². The van der Waals surface area contributed by atoms with Gasteiger partial charge in [-0.15, -0.1) is 0 Å². The molecule has 2 N–H and O–H groups in total. The molecular weight excluding hydrogens is 423 g/mol. The summed E-state index contributed by atoms with van der Waals surface area (Å²) in [4.78, 5) is 19.5. The third-order valence-corrected chi connectivity index (χ3v) is 4.65. The highest BCUT2D eigenvalue weighted by molar-refractivity contribution is 5.91. The van der Waals surface area contributed by atoms with Crippen LogP contribution in [0.15, 0.2) is 67.0 Å². The average molecular weight is 439 g/mol. The van der Waals surface area contributed by atoms with Gasteiger partial charge in [-0.2, -0.15) is 18.3 Å². The van der Waals surface area contributed by atoms with Crippen LogP contribution in [0.4, 0.5) is 13.2 Å². The summed E-state index contributed by atoms with van der Waals surface area (Å²) in [7, 11) is 1.63. The second kappa shape index (κ2) is 8.14. The molecule has 0 fully saturated rings. The molecule has 0 unspecified atom stereocenters. The second-order valence-corrected chi connectivity index (χ2v) is 6.80. The molecule has 7 nitrogen and oxygen atoms in total. The maximum absolute atomic E-state index is 13.2. The summed E-state index contributed by atoms with van der Waals surface area (Å²) >= 11 is 0.